The summed E-state index contributed by atoms with van der Waals surface area (Å²) in [5.74, 6) is 0.00635. The average Bonchev–Trinajstić information content (AvgIpc) is 2.24. The smallest absolute Gasteiger partial charge is 0.332 e. The first-order valence-electron chi connectivity index (χ1n) is 6.85. The molecule has 19 heavy (non-hydrogen) atoms. The van der Waals surface area contributed by atoms with Crippen LogP contribution in [-0.4, -0.2) is 29.9 Å². The molecular weight excluding hydrogens is 242 g/mol. The predicted octanol–water partition coefficient (Wildman–Crippen LogP) is 2.64. The average molecular weight is 269 g/mol. The van der Waals surface area contributed by atoms with Crippen molar-refractivity contribution >= 4 is 5.97 Å². The first-order chi connectivity index (χ1) is 8.65. The number of rotatable bonds is 5. The number of carbonyl (C=O) groups excluding carboxylic acids is 1. The van der Waals surface area contributed by atoms with Crippen LogP contribution in [0.4, 0.5) is 0 Å². The molecule has 1 unspecified atom stereocenters. The molecule has 4 heteroatoms. The highest BCUT2D eigenvalue weighted by atomic mass is 16.7. The summed E-state index contributed by atoms with van der Waals surface area (Å²) >= 11 is 0. The molecule has 0 aliphatic carbocycles. The van der Waals surface area contributed by atoms with E-state index >= 15 is 0 Å². The fourth-order valence-electron chi connectivity index (χ4n) is 3.13. The van der Waals surface area contributed by atoms with Crippen LogP contribution in [0.1, 0.15) is 47.5 Å². The van der Waals surface area contributed by atoms with Crippen LogP contribution in [0, 0.1) is 5.92 Å². The fraction of sp³-hybridized carbons (Fsp3) is 0.800. The number of ether oxygens (including phenoxy) is 2. The van der Waals surface area contributed by atoms with Gasteiger partial charge in [-0.05, 0) is 53.4 Å². The van der Waals surface area contributed by atoms with E-state index in [4.69, 9.17) is 9.47 Å². The summed E-state index contributed by atoms with van der Waals surface area (Å²) in [4.78, 5) is 10.9. The van der Waals surface area contributed by atoms with Gasteiger partial charge in [-0.25, -0.2) is 4.79 Å². The molecule has 1 saturated heterocycles. The zero-order valence-corrected chi connectivity index (χ0v) is 12.8. The van der Waals surface area contributed by atoms with Gasteiger partial charge >= 0.3 is 5.97 Å². The van der Waals surface area contributed by atoms with Crippen LogP contribution in [0.3, 0.4) is 0 Å². The Labute approximate surface area is 116 Å². The number of carbonyl (C=O) groups is 1. The van der Waals surface area contributed by atoms with E-state index in [0.29, 0.717) is 5.92 Å². The van der Waals surface area contributed by atoms with Gasteiger partial charge in [0.2, 0.25) is 0 Å². The Bertz CT molecular complexity index is 320. The Morgan fingerprint density at radius 2 is 1.89 bits per heavy atom. The second-order valence-electron chi connectivity index (χ2n) is 6.72. The van der Waals surface area contributed by atoms with Gasteiger partial charge in [0.1, 0.15) is 0 Å². The zero-order chi connectivity index (χ0) is 14.7. The van der Waals surface area contributed by atoms with Gasteiger partial charge in [-0.2, -0.15) is 0 Å². The third kappa shape index (κ3) is 5.33. The van der Waals surface area contributed by atoms with Crippen molar-refractivity contribution in [1.82, 2.24) is 5.32 Å². The van der Waals surface area contributed by atoms with Crippen molar-refractivity contribution in [3.05, 3.63) is 12.7 Å². The number of hydrogen-bond donors (Lipinski definition) is 1. The van der Waals surface area contributed by atoms with Gasteiger partial charge in [-0.15, -0.1) is 0 Å². The van der Waals surface area contributed by atoms with Crippen molar-refractivity contribution in [2.75, 3.05) is 6.79 Å². The van der Waals surface area contributed by atoms with E-state index in [1.807, 2.05) is 6.92 Å². The van der Waals surface area contributed by atoms with Crippen LogP contribution in [0.15, 0.2) is 12.7 Å². The maximum Gasteiger partial charge on any atom is 0.332 e. The minimum Gasteiger partial charge on any atom is -0.435 e. The van der Waals surface area contributed by atoms with Crippen LogP contribution < -0.4 is 5.32 Å². The van der Waals surface area contributed by atoms with Crippen molar-refractivity contribution in [3.63, 3.8) is 0 Å². The lowest BCUT2D eigenvalue weighted by atomic mass is 9.74. The Hall–Kier alpha value is -0.870. The largest absolute Gasteiger partial charge is 0.435 e. The highest BCUT2D eigenvalue weighted by Gasteiger charge is 2.39. The van der Waals surface area contributed by atoms with E-state index in [0.717, 1.165) is 18.9 Å². The Balaban J connectivity index is 2.49. The van der Waals surface area contributed by atoms with Crippen LogP contribution in [0.25, 0.3) is 0 Å². The fourth-order valence-corrected chi connectivity index (χ4v) is 3.13. The number of piperidine rings is 1. The molecule has 1 aliphatic heterocycles. The standard InChI is InChI=1S/C15H27NO3/c1-7-13(17)19-10-18-11(2)12-8-14(3,4)16-15(5,6)9-12/h7,11-12,16H,1,8-10H2,2-6H3. The van der Waals surface area contributed by atoms with E-state index in [-0.39, 0.29) is 24.0 Å². The van der Waals surface area contributed by atoms with E-state index in [2.05, 4.69) is 39.6 Å². The number of esters is 1. The maximum absolute atomic E-state index is 10.9. The molecule has 0 amide bonds. The molecular formula is C15H27NO3. The Kier molecular flexibility index (Phi) is 5.16. The van der Waals surface area contributed by atoms with Crippen LogP contribution >= 0.6 is 0 Å². The lowest BCUT2D eigenvalue weighted by molar-refractivity contribution is -0.158. The molecule has 1 N–H and O–H groups in total. The van der Waals surface area contributed by atoms with Gasteiger partial charge in [-0.3, -0.25) is 0 Å². The third-order valence-corrected chi connectivity index (χ3v) is 3.58. The minimum absolute atomic E-state index is 0.00317. The lowest BCUT2D eigenvalue weighted by Crippen LogP contribution is -2.59. The molecule has 0 spiro atoms. The summed E-state index contributed by atoms with van der Waals surface area (Å²) in [5, 5.41) is 3.65. The molecule has 1 fully saturated rings. The summed E-state index contributed by atoms with van der Waals surface area (Å²) in [6, 6.07) is 0. The van der Waals surface area contributed by atoms with Crippen molar-refractivity contribution in [2.24, 2.45) is 5.92 Å². The summed E-state index contributed by atoms with van der Waals surface area (Å²) < 4.78 is 10.5. The molecule has 0 aromatic rings. The van der Waals surface area contributed by atoms with Gasteiger partial charge in [0.05, 0.1) is 6.10 Å². The van der Waals surface area contributed by atoms with Crippen molar-refractivity contribution in [1.29, 1.82) is 0 Å². The quantitative estimate of drug-likeness (QED) is 0.473. The monoisotopic (exact) mass is 269 g/mol. The van der Waals surface area contributed by atoms with Gasteiger partial charge in [-0.1, -0.05) is 6.58 Å². The van der Waals surface area contributed by atoms with Gasteiger partial charge in [0.15, 0.2) is 6.79 Å². The molecule has 4 nitrogen and oxygen atoms in total. The molecule has 0 saturated carbocycles. The second kappa shape index (κ2) is 6.06. The molecule has 0 aromatic carbocycles. The van der Waals surface area contributed by atoms with Crippen LogP contribution in [0.5, 0.6) is 0 Å². The van der Waals surface area contributed by atoms with E-state index in [1.54, 1.807) is 0 Å². The van der Waals surface area contributed by atoms with E-state index < -0.39 is 5.97 Å². The molecule has 1 atom stereocenters. The molecule has 0 radical (unpaired) electrons. The second-order valence-corrected chi connectivity index (χ2v) is 6.72. The lowest BCUT2D eigenvalue weighted by Gasteiger charge is -2.48. The van der Waals surface area contributed by atoms with Gasteiger partial charge < -0.3 is 14.8 Å². The zero-order valence-electron chi connectivity index (χ0n) is 12.8. The summed E-state index contributed by atoms with van der Waals surface area (Å²) in [6.07, 6.45) is 3.31. The predicted molar refractivity (Wildman–Crippen MR) is 75.7 cm³/mol. The molecule has 110 valence electrons. The van der Waals surface area contributed by atoms with Crippen molar-refractivity contribution in [2.45, 2.75) is 64.6 Å². The molecule has 0 bridgehead atoms. The van der Waals surface area contributed by atoms with Gasteiger partial charge in [0, 0.05) is 17.2 Å². The van der Waals surface area contributed by atoms with Crippen LogP contribution in [0.2, 0.25) is 0 Å². The Morgan fingerprint density at radius 1 is 1.37 bits per heavy atom. The van der Waals surface area contributed by atoms with Crippen molar-refractivity contribution in [3.8, 4) is 0 Å². The Morgan fingerprint density at radius 3 is 2.37 bits per heavy atom. The maximum atomic E-state index is 10.9. The number of nitrogens with one attached hydrogen (secondary N) is 1. The third-order valence-electron chi connectivity index (χ3n) is 3.58. The SMILES string of the molecule is C=CC(=O)OCOC(C)C1CC(C)(C)NC(C)(C)C1. The topological polar surface area (TPSA) is 47.6 Å². The molecule has 1 rings (SSSR count). The van der Waals surface area contributed by atoms with Gasteiger partial charge in [0.25, 0.3) is 0 Å². The molecule has 0 aromatic heterocycles. The summed E-state index contributed by atoms with van der Waals surface area (Å²) in [5.41, 5.74) is 0.198. The highest BCUT2D eigenvalue weighted by Crippen LogP contribution is 2.35. The first kappa shape index (κ1) is 16.2. The first-order valence-corrected chi connectivity index (χ1v) is 6.85. The van der Waals surface area contributed by atoms with E-state index in [9.17, 15) is 4.79 Å². The number of hydrogen-bond acceptors (Lipinski definition) is 4. The summed E-state index contributed by atoms with van der Waals surface area (Å²) in [6.45, 7) is 14.2. The van der Waals surface area contributed by atoms with E-state index in [1.165, 1.54) is 0 Å². The highest BCUT2D eigenvalue weighted by molar-refractivity contribution is 5.81. The normalized spacial score (nSPS) is 23.6. The molecule has 1 aliphatic rings. The molecule has 1 heterocycles. The van der Waals surface area contributed by atoms with Crippen molar-refractivity contribution < 1.29 is 14.3 Å². The summed E-state index contributed by atoms with van der Waals surface area (Å²) in [7, 11) is 0. The van der Waals surface area contributed by atoms with Crippen LogP contribution in [-0.2, 0) is 14.3 Å². The minimum atomic E-state index is -0.446.